The van der Waals surface area contributed by atoms with E-state index in [1.54, 1.807) is 11.3 Å². The third-order valence-electron chi connectivity index (χ3n) is 3.52. The summed E-state index contributed by atoms with van der Waals surface area (Å²) in [4.78, 5) is 11.1. The van der Waals surface area contributed by atoms with Gasteiger partial charge in [-0.1, -0.05) is 11.8 Å². The number of ether oxygens (including phenoxy) is 1. The molecule has 0 atom stereocenters. The Morgan fingerprint density at radius 3 is 3.04 bits per heavy atom. The number of hydrogen-bond donors (Lipinski definition) is 1. The number of aliphatic imine (C=N–C) groups is 1. The van der Waals surface area contributed by atoms with E-state index in [1.807, 2.05) is 23.3 Å². The lowest BCUT2D eigenvalue weighted by Gasteiger charge is -2.22. The van der Waals surface area contributed by atoms with Crippen molar-refractivity contribution in [3.8, 4) is 0 Å². The summed E-state index contributed by atoms with van der Waals surface area (Å²) in [6.07, 6.45) is 5.61. The third kappa shape index (κ3) is 9.43. The summed E-state index contributed by atoms with van der Waals surface area (Å²) in [5.74, 6) is 2.87. The SMILES string of the molecule is CCNC(=NCCCSc1nccs1)N(C)CCOCC1CC1.I. The van der Waals surface area contributed by atoms with Crippen LogP contribution in [0.15, 0.2) is 20.9 Å². The molecule has 2 rings (SSSR count). The van der Waals surface area contributed by atoms with Crippen LogP contribution < -0.4 is 5.32 Å². The van der Waals surface area contributed by atoms with E-state index in [2.05, 4.69) is 29.2 Å². The number of rotatable bonds is 11. The van der Waals surface area contributed by atoms with Crippen LogP contribution in [0.5, 0.6) is 0 Å². The average molecular weight is 484 g/mol. The number of likely N-dealkylation sites (N-methyl/N-ethyl adjacent to an activating group) is 1. The Balaban J connectivity index is 0.00000288. The number of halogens is 1. The molecule has 0 radical (unpaired) electrons. The lowest BCUT2D eigenvalue weighted by atomic mass is 10.5. The summed E-state index contributed by atoms with van der Waals surface area (Å²) in [5.41, 5.74) is 0. The molecule has 24 heavy (non-hydrogen) atoms. The summed E-state index contributed by atoms with van der Waals surface area (Å²) < 4.78 is 6.85. The Morgan fingerprint density at radius 1 is 1.54 bits per heavy atom. The van der Waals surface area contributed by atoms with Gasteiger partial charge in [-0.05, 0) is 32.1 Å². The molecule has 0 bridgehead atoms. The van der Waals surface area contributed by atoms with Gasteiger partial charge in [0.05, 0.1) is 6.61 Å². The van der Waals surface area contributed by atoms with E-state index in [9.17, 15) is 0 Å². The topological polar surface area (TPSA) is 49.8 Å². The zero-order valence-electron chi connectivity index (χ0n) is 14.6. The van der Waals surface area contributed by atoms with Crippen molar-refractivity contribution in [1.29, 1.82) is 0 Å². The van der Waals surface area contributed by atoms with Crippen molar-refractivity contribution in [3.63, 3.8) is 0 Å². The maximum absolute atomic E-state index is 5.71. The molecule has 0 spiro atoms. The first-order valence-electron chi connectivity index (χ1n) is 8.39. The Morgan fingerprint density at radius 2 is 2.38 bits per heavy atom. The summed E-state index contributed by atoms with van der Waals surface area (Å²) in [5, 5.41) is 5.37. The fraction of sp³-hybridized carbons (Fsp3) is 0.750. The van der Waals surface area contributed by atoms with Gasteiger partial charge in [-0.3, -0.25) is 4.99 Å². The van der Waals surface area contributed by atoms with Gasteiger partial charge in [0.25, 0.3) is 0 Å². The lowest BCUT2D eigenvalue weighted by molar-refractivity contribution is 0.115. The molecule has 0 unspecified atom stereocenters. The molecule has 8 heteroatoms. The highest BCUT2D eigenvalue weighted by molar-refractivity contribution is 14.0. The van der Waals surface area contributed by atoms with Gasteiger partial charge in [0.1, 0.15) is 4.34 Å². The van der Waals surface area contributed by atoms with E-state index < -0.39 is 0 Å². The summed E-state index contributed by atoms with van der Waals surface area (Å²) in [7, 11) is 2.08. The van der Waals surface area contributed by atoms with E-state index in [-0.39, 0.29) is 24.0 Å². The number of thiazole rings is 1. The fourth-order valence-corrected chi connectivity index (χ4v) is 3.63. The van der Waals surface area contributed by atoms with Crippen LogP contribution in [0.3, 0.4) is 0 Å². The molecule has 1 aliphatic rings. The molecule has 5 nitrogen and oxygen atoms in total. The number of thioether (sulfide) groups is 1. The van der Waals surface area contributed by atoms with Crippen LogP contribution in [0.4, 0.5) is 0 Å². The van der Waals surface area contributed by atoms with Crippen molar-refractivity contribution >= 4 is 53.0 Å². The number of nitrogens with one attached hydrogen (secondary N) is 1. The van der Waals surface area contributed by atoms with Crippen LogP contribution in [0.2, 0.25) is 0 Å². The molecule has 1 aromatic heterocycles. The highest BCUT2D eigenvalue weighted by Crippen LogP contribution is 2.28. The molecule has 1 saturated carbocycles. The van der Waals surface area contributed by atoms with Crippen LogP contribution in [0.25, 0.3) is 0 Å². The normalized spacial score (nSPS) is 14.3. The molecule has 138 valence electrons. The lowest BCUT2D eigenvalue weighted by Crippen LogP contribution is -2.40. The van der Waals surface area contributed by atoms with Gasteiger partial charge in [-0.2, -0.15) is 0 Å². The van der Waals surface area contributed by atoms with Gasteiger partial charge in [-0.25, -0.2) is 4.98 Å². The van der Waals surface area contributed by atoms with Gasteiger partial charge < -0.3 is 15.0 Å². The van der Waals surface area contributed by atoms with E-state index in [0.29, 0.717) is 0 Å². The Labute approximate surface area is 171 Å². The van der Waals surface area contributed by atoms with E-state index in [0.717, 1.165) is 61.2 Å². The van der Waals surface area contributed by atoms with Crippen molar-refractivity contribution in [2.75, 3.05) is 45.6 Å². The molecule has 1 aromatic rings. The Hall–Kier alpha value is -0.0600. The zero-order valence-corrected chi connectivity index (χ0v) is 18.5. The van der Waals surface area contributed by atoms with Crippen molar-refractivity contribution in [2.45, 2.75) is 30.5 Å². The van der Waals surface area contributed by atoms with E-state index in [4.69, 9.17) is 9.73 Å². The predicted molar refractivity (Wildman–Crippen MR) is 115 cm³/mol. The van der Waals surface area contributed by atoms with Gasteiger partial charge in [-0.15, -0.1) is 35.3 Å². The van der Waals surface area contributed by atoms with Gasteiger partial charge in [0, 0.05) is 50.6 Å². The maximum atomic E-state index is 5.71. The number of aromatic nitrogens is 1. The molecular weight excluding hydrogens is 455 g/mol. The van der Waals surface area contributed by atoms with Crippen molar-refractivity contribution in [2.24, 2.45) is 10.9 Å². The minimum atomic E-state index is 0. The molecular formula is C16H29IN4OS2. The van der Waals surface area contributed by atoms with Gasteiger partial charge >= 0.3 is 0 Å². The highest BCUT2D eigenvalue weighted by atomic mass is 127. The Kier molecular flexibility index (Phi) is 12.1. The minimum Gasteiger partial charge on any atom is -0.379 e. The standard InChI is InChI=1S/C16H28N4OS2.HI/c1-3-17-15(20(2)9-10-21-13-14-5-6-14)18-7-4-11-22-16-19-8-12-23-16;/h8,12,14H,3-7,9-11,13H2,1-2H3,(H,17,18);1H. The first kappa shape index (κ1) is 22.0. The van der Waals surface area contributed by atoms with Crippen LogP contribution in [0, 0.1) is 5.92 Å². The predicted octanol–water partition coefficient (Wildman–Crippen LogP) is 3.57. The maximum Gasteiger partial charge on any atom is 0.193 e. The van der Waals surface area contributed by atoms with Crippen molar-refractivity contribution in [3.05, 3.63) is 11.6 Å². The van der Waals surface area contributed by atoms with Crippen molar-refractivity contribution in [1.82, 2.24) is 15.2 Å². The quantitative estimate of drug-likeness (QED) is 0.171. The van der Waals surface area contributed by atoms with Crippen LogP contribution in [-0.4, -0.2) is 61.5 Å². The minimum absolute atomic E-state index is 0. The third-order valence-corrected chi connectivity index (χ3v) is 5.57. The first-order chi connectivity index (χ1) is 11.3. The second-order valence-corrected chi connectivity index (χ2v) is 7.91. The molecule has 0 saturated heterocycles. The largest absolute Gasteiger partial charge is 0.379 e. The highest BCUT2D eigenvalue weighted by Gasteiger charge is 2.21. The fourth-order valence-electron chi connectivity index (χ4n) is 2.00. The van der Waals surface area contributed by atoms with Gasteiger partial charge in [0.2, 0.25) is 0 Å². The molecule has 1 fully saturated rings. The molecule has 1 N–H and O–H groups in total. The van der Waals surface area contributed by atoms with Crippen LogP contribution in [-0.2, 0) is 4.74 Å². The van der Waals surface area contributed by atoms with Gasteiger partial charge in [0.15, 0.2) is 5.96 Å². The first-order valence-corrected chi connectivity index (χ1v) is 10.3. The number of hydrogen-bond acceptors (Lipinski definition) is 5. The average Bonchev–Trinajstić information content (AvgIpc) is 3.23. The number of guanidine groups is 1. The molecule has 0 amide bonds. The van der Waals surface area contributed by atoms with Crippen LogP contribution >= 0.6 is 47.1 Å². The van der Waals surface area contributed by atoms with E-state index in [1.165, 1.54) is 12.8 Å². The summed E-state index contributed by atoms with van der Waals surface area (Å²) in [6.45, 7) is 6.42. The molecule has 0 aromatic carbocycles. The summed E-state index contributed by atoms with van der Waals surface area (Å²) in [6, 6.07) is 0. The van der Waals surface area contributed by atoms with Crippen molar-refractivity contribution < 1.29 is 4.74 Å². The smallest absolute Gasteiger partial charge is 0.193 e. The molecule has 0 aliphatic heterocycles. The van der Waals surface area contributed by atoms with Crippen LogP contribution in [0.1, 0.15) is 26.2 Å². The monoisotopic (exact) mass is 484 g/mol. The second-order valence-electron chi connectivity index (χ2n) is 5.68. The molecule has 1 aliphatic carbocycles. The molecule has 1 heterocycles. The van der Waals surface area contributed by atoms with E-state index >= 15 is 0 Å². The number of nitrogens with zero attached hydrogens (tertiary/aromatic N) is 3. The summed E-state index contributed by atoms with van der Waals surface area (Å²) >= 11 is 3.51. The zero-order chi connectivity index (χ0) is 16.3. The second kappa shape index (κ2) is 13.2. The Bertz CT molecular complexity index is 455.